The normalized spacial score (nSPS) is 15.7. The zero-order valence-electron chi connectivity index (χ0n) is 19.6. The van der Waals surface area contributed by atoms with Gasteiger partial charge in [-0.25, -0.2) is 14.4 Å². The van der Waals surface area contributed by atoms with Gasteiger partial charge in [-0.15, -0.1) is 0 Å². The smallest absolute Gasteiger partial charge is 0.248 e. The second-order valence-corrected chi connectivity index (χ2v) is 8.60. The van der Waals surface area contributed by atoms with E-state index in [0.717, 1.165) is 13.0 Å². The summed E-state index contributed by atoms with van der Waals surface area (Å²) in [4.78, 5) is 23.4. The molecule has 0 radical (unpaired) electrons. The summed E-state index contributed by atoms with van der Waals surface area (Å²) in [5.74, 6) is 0.183. The van der Waals surface area contributed by atoms with Gasteiger partial charge in [0.15, 0.2) is 0 Å². The fraction of sp³-hybridized carbons (Fsp3) is 0.320. The van der Waals surface area contributed by atoms with Crippen molar-refractivity contribution >= 4 is 45.6 Å². The number of benzene rings is 2. The maximum atomic E-state index is 13.6. The second-order valence-electron chi connectivity index (χ2n) is 8.19. The van der Waals surface area contributed by atoms with Crippen molar-refractivity contribution in [2.24, 2.45) is 0 Å². The Morgan fingerprint density at radius 3 is 2.94 bits per heavy atom. The van der Waals surface area contributed by atoms with Crippen LogP contribution in [0.2, 0.25) is 5.02 Å². The Morgan fingerprint density at radius 2 is 2.20 bits per heavy atom. The Morgan fingerprint density at radius 1 is 1.34 bits per heavy atom. The van der Waals surface area contributed by atoms with Crippen molar-refractivity contribution in [1.29, 1.82) is 0 Å². The summed E-state index contributed by atoms with van der Waals surface area (Å²) in [6, 6.07) is 7.84. The molecule has 1 atom stereocenters. The van der Waals surface area contributed by atoms with E-state index in [9.17, 15) is 9.18 Å². The van der Waals surface area contributed by atoms with E-state index in [1.807, 2.05) is 14.0 Å². The number of nitrogens with one attached hydrogen (secondary N) is 2. The molecule has 1 aliphatic rings. The molecule has 35 heavy (non-hydrogen) atoms. The van der Waals surface area contributed by atoms with Crippen LogP contribution in [0.1, 0.15) is 13.3 Å². The molecule has 1 aromatic heterocycles. The number of ether oxygens (including phenoxy) is 2. The van der Waals surface area contributed by atoms with Crippen LogP contribution in [0.5, 0.6) is 5.75 Å². The van der Waals surface area contributed by atoms with Gasteiger partial charge in [0.05, 0.1) is 29.4 Å². The van der Waals surface area contributed by atoms with Gasteiger partial charge in [-0.3, -0.25) is 4.79 Å². The molecule has 1 fully saturated rings. The fourth-order valence-electron chi connectivity index (χ4n) is 3.52. The first-order valence-electron chi connectivity index (χ1n) is 11.3. The molecule has 1 aliphatic heterocycles. The van der Waals surface area contributed by atoms with Crippen LogP contribution in [0.25, 0.3) is 10.9 Å². The van der Waals surface area contributed by atoms with E-state index in [0.29, 0.717) is 53.6 Å². The topological polar surface area (TPSA) is 88.6 Å². The highest BCUT2D eigenvalue weighted by Crippen LogP contribution is 2.35. The summed E-state index contributed by atoms with van der Waals surface area (Å²) < 4.78 is 25.1. The Balaban J connectivity index is 1.66. The first kappa shape index (κ1) is 24.8. The molecular formula is C25H27ClFN5O3. The summed E-state index contributed by atoms with van der Waals surface area (Å²) >= 11 is 5.92. The number of nitrogens with zero attached hydrogens (tertiary/aromatic N) is 3. The highest BCUT2D eigenvalue weighted by molar-refractivity contribution is 6.31. The van der Waals surface area contributed by atoms with Crippen LogP contribution in [0.15, 0.2) is 48.8 Å². The third-order valence-corrected chi connectivity index (χ3v) is 5.87. The van der Waals surface area contributed by atoms with E-state index in [-0.39, 0.29) is 17.0 Å². The fourth-order valence-corrected chi connectivity index (χ4v) is 3.70. The van der Waals surface area contributed by atoms with E-state index in [2.05, 4.69) is 25.5 Å². The molecule has 3 aromatic rings. The SMILES string of the molecule is CCN(C)C/C=C/C(=O)Nc1cc2c(Nc3ccc(F)c(Cl)c3)ncnc2cc1O[C@H]1CCOC1. The zero-order valence-corrected chi connectivity index (χ0v) is 20.3. The molecule has 2 heterocycles. The van der Waals surface area contributed by atoms with Crippen molar-refractivity contribution in [2.75, 3.05) is 44.0 Å². The number of hydrogen-bond donors (Lipinski definition) is 2. The lowest BCUT2D eigenvalue weighted by molar-refractivity contribution is -0.111. The summed E-state index contributed by atoms with van der Waals surface area (Å²) in [6.07, 6.45) is 5.37. The monoisotopic (exact) mass is 499 g/mol. The Kier molecular flexibility index (Phi) is 8.12. The molecule has 2 aromatic carbocycles. The van der Waals surface area contributed by atoms with Crippen molar-refractivity contribution in [3.8, 4) is 5.75 Å². The van der Waals surface area contributed by atoms with E-state index in [1.54, 1.807) is 24.3 Å². The second kappa shape index (κ2) is 11.4. The van der Waals surface area contributed by atoms with Gasteiger partial charge < -0.3 is 25.0 Å². The minimum Gasteiger partial charge on any atom is -0.486 e. The summed E-state index contributed by atoms with van der Waals surface area (Å²) in [6.45, 7) is 4.70. The van der Waals surface area contributed by atoms with Crippen LogP contribution in [0, 0.1) is 5.82 Å². The molecular weight excluding hydrogens is 473 g/mol. The van der Waals surface area contributed by atoms with Crippen LogP contribution < -0.4 is 15.4 Å². The van der Waals surface area contributed by atoms with E-state index < -0.39 is 5.82 Å². The minimum atomic E-state index is -0.509. The summed E-state index contributed by atoms with van der Waals surface area (Å²) in [5.41, 5.74) is 1.66. The third kappa shape index (κ3) is 6.45. The van der Waals surface area contributed by atoms with Gasteiger partial charge in [0.1, 0.15) is 29.8 Å². The average Bonchev–Trinajstić information content (AvgIpc) is 3.35. The van der Waals surface area contributed by atoms with E-state index in [1.165, 1.54) is 24.5 Å². The third-order valence-electron chi connectivity index (χ3n) is 5.58. The Labute approximate surface area is 208 Å². The van der Waals surface area contributed by atoms with Crippen molar-refractivity contribution in [2.45, 2.75) is 19.4 Å². The molecule has 0 spiro atoms. The van der Waals surface area contributed by atoms with Gasteiger partial charge in [-0.05, 0) is 37.9 Å². The number of anilines is 3. The average molecular weight is 500 g/mol. The number of rotatable bonds is 9. The number of amides is 1. The van der Waals surface area contributed by atoms with E-state index in [4.69, 9.17) is 21.1 Å². The predicted octanol–water partition coefficient (Wildman–Crippen LogP) is 4.78. The number of carbonyl (C=O) groups is 1. The number of hydrogen-bond acceptors (Lipinski definition) is 7. The molecule has 1 saturated heterocycles. The lowest BCUT2D eigenvalue weighted by Gasteiger charge is -2.18. The van der Waals surface area contributed by atoms with Crippen molar-refractivity contribution in [3.05, 3.63) is 59.7 Å². The van der Waals surface area contributed by atoms with Crippen LogP contribution >= 0.6 is 11.6 Å². The number of likely N-dealkylation sites (N-methyl/N-ethyl adjacent to an activating group) is 1. The number of halogens is 2. The highest BCUT2D eigenvalue weighted by atomic mass is 35.5. The summed E-state index contributed by atoms with van der Waals surface area (Å²) in [7, 11) is 1.98. The van der Waals surface area contributed by atoms with Crippen LogP contribution in [0.4, 0.5) is 21.6 Å². The van der Waals surface area contributed by atoms with Crippen LogP contribution in [0.3, 0.4) is 0 Å². The molecule has 0 saturated carbocycles. The first-order valence-corrected chi connectivity index (χ1v) is 11.7. The maximum absolute atomic E-state index is 13.6. The number of aromatic nitrogens is 2. The van der Waals surface area contributed by atoms with Gasteiger partial charge in [0.25, 0.3) is 0 Å². The largest absolute Gasteiger partial charge is 0.486 e. The minimum absolute atomic E-state index is 0.00344. The molecule has 8 nitrogen and oxygen atoms in total. The Hall–Kier alpha value is -3.27. The van der Waals surface area contributed by atoms with Crippen LogP contribution in [-0.2, 0) is 9.53 Å². The molecule has 2 N–H and O–H groups in total. The number of carbonyl (C=O) groups excluding carboxylic acids is 1. The van der Waals surface area contributed by atoms with Crippen molar-refractivity contribution < 1.29 is 18.7 Å². The van der Waals surface area contributed by atoms with Gasteiger partial charge in [-0.1, -0.05) is 24.6 Å². The molecule has 1 amide bonds. The Bertz CT molecular complexity index is 1230. The molecule has 0 unspecified atom stereocenters. The lowest BCUT2D eigenvalue weighted by Crippen LogP contribution is -2.19. The van der Waals surface area contributed by atoms with Gasteiger partial charge in [-0.2, -0.15) is 0 Å². The zero-order chi connectivity index (χ0) is 24.8. The molecule has 0 bridgehead atoms. The highest BCUT2D eigenvalue weighted by Gasteiger charge is 2.20. The van der Waals surface area contributed by atoms with Crippen LogP contribution in [-0.4, -0.2) is 60.2 Å². The van der Waals surface area contributed by atoms with Gasteiger partial charge >= 0.3 is 0 Å². The standard InChI is InChI=1S/C25H27ClFN5O3/c1-3-32(2)9-4-5-24(33)31-22-12-18-21(13-23(22)35-17-8-10-34-14-17)28-15-29-25(18)30-16-6-7-20(27)19(26)11-16/h4-7,11-13,15,17H,3,8-10,14H2,1-2H3,(H,31,33)(H,28,29,30)/b5-4+/t17-/m0/s1. The predicted molar refractivity (Wildman–Crippen MR) is 135 cm³/mol. The molecule has 10 heteroatoms. The first-order chi connectivity index (χ1) is 16.9. The van der Waals surface area contributed by atoms with E-state index >= 15 is 0 Å². The lowest BCUT2D eigenvalue weighted by atomic mass is 10.1. The molecule has 184 valence electrons. The van der Waals surface area contributed by atoms with Crippen molar-refractivity contribution in [3.63, 3.8) is 0 Å². The maximum Gasteiger partial charge on any atom is 0.248 e. The van der Waals surface area contributed by atoms with Gasteiger partial charge in [0, 0.05) is 36.2 Å². The molecule has 0 aliphatic carbocycles. The van der Waals surface area contributed by atoms with Crippen molar-refractivity contribution in [1.82, 2.24) is 14.9 Å². The van der Waals surface area contributed by atoms with Gasteiger partial charge in [0.2, 0.25) is 5.91 Å². The quantitative estimate of drug-likeness (QED) is 0.409. The molecule has 4 rings (SSSR count). The summed E-state index contributed by atoms with van der Waals surface area (Å²) in [5, 5.41) is 6.70. The number of fused-ring (bicyclic) bond motifs is 1.